The summed E-state index contributed by atoms with van der Waals surface area (Å²) in [5.41, 5.74) is 1.42. The van der Waals surface area contributed by atoms with E-state index in [1.54, 1.807) is 7.11 Å². The summed E-state index contributed by atoms with van der Waals surface area (Å²) in [4.78, 5) is 2.62. The minimum absolute atomic E-state index is 0.794. The molecule has 3 heteroatoms. The number of hydrogen-bond donors (Lipinski definition) is 1. The number of methoxy groups -OCH3 is 1. The van der Waals surface area contributed by atoms with Crippen molar-refractivity contribution in [3.8, 4) is 5.75 Å². The highest BCUT2D eigenvalue weighted by Gasteiger charge is 2.28. The number of ether oxygens (including phenoxy) is 1. The highest BCUT2D eigenvalue weighted by atomic mass is 16.5. The highest BCUT2D eigenvalue weighted by Crippen LogP contribution is 2.27. The molecule has 0 spiro atoms. The van der Waals surface area contributed by atoms with Crippen molar-refractivity contribution < 1.29 is 4.74 Å². The summed E-state index contributed by atoms with van der Waals surface area (Å²) < 4.78 is 5.31. The molecule has 2 aromatic rings. The molecule has 1 N–H and O–H groups in total. The van der Waals surface area contributed by atoms with Gasteiger partial charge in [-0.05, 0) is 85.8 Å². The zero-order valence-corrected chi connectivity index (χ0v) is 14.6. The van der Waals surface area contributed by atoms with Crippen LogP contribution in [0.15, 0.2) is 36.4 Å². The molecule has 0 aliphatic carbocycles. The van der Waals surface area contributed by atoms with E-state index in [-0.39, 0.29) is 0 Å². The predicted octanol–water partition coefficient (Wildman–Crippen LogP) is 3.81. The summed E-state index contributed by atoms with van der Waals surface area (Å²) >= 11 is 0. The van der Waals surface area contributed by atoms with Gasteiger partial charge in [0.1, 0.15) is 5.75 Å². The van der Waals surface area contributed by atoms with Crippen LogP contribution < -0.4 is 10.1 Å². The average molecular weight is 324 g/mol. The monoisotopic (exact) mass is 324 g/mol. The van der Waals surface area contributed by atoms with Gasteiger partial charge in [0.2, 0.25) is 0 Å². The molecule has 128 valence electrons. The van der Waals surface area contributed by atoms with Crippen LogP contribution in [0.25, 0.3) is 10.8 Å². The number of fused-ring (bicyclic) bond motifs is 1. The average Bonchev–Trinajstić information content (AvgIpc) is 3.16. The second kappa shape index (κ2) is 7.12. The molecule has 1 unspecified atom stereocenters. The molecule has 0 bridgehead atoms. The topological polar surface area (TPSA) is 24.5 Å². The molecule has 0 saturated carbocycles. The second-order valence-corrected chi connectivity index (χ2v) is 7.36. The lowest BCUT2D eigenvalue weighted by Gasteiger charge is -2.35. The number of piperidine rings is 1. The molecule has 24 heavy (non-hydrogen) atoms. The first-order valence-electron chi connectivity index (χ1n) is 9.34. The summed E-state index contributed by atoms with van der Waals surface area (Å²) in [5, 5.41) is 6.25. The van der Waals surface area contributed by atoms with E-state index in [4.69, 9.17) is 4.74 Å². The summed E-state index contributed by atoms with van der Waals surface area (Å²) in [6, 6.07) is 13.9. The van der Waals surface area contributed by atoms with Crippen molar-refractivity contribution in [2.75, 3.05) is 26.7 Å². The maximum atomic E-state index is 5.31. The van der Waals surface area contributed by atoms with Crippen LogP contribution in [0.4, 0.5) is 0 Å². The summed E-state index contributed by atoms with van der Waals surface area (Å²) in [6.45, 7) is 4.78. The van der Waals surface area contributed by atoms with Crippen LogP contribution in [0.2, 0.25) is 0 Å². The molecule has 3 nitrogen and oxygen atoms in total. The van der Waals surface area contributed by atoms with E-state index in [0.717, 1.165) is 24.3 Å². The molecule has 0 aromatic heterocycles. The van der Waals surface area contributed by atoms with E-state index in [1.807, 2.05) is 6.07 Å². The van der Waals surface area contributed by atoms with E-state index in [2.05, 4.69) is 40.5 Å². The zero-order chi connectivity index (χ0) is 16.4. The quantitative estimate of drug-likeness (QED) is 0.925. The van der Waals surface area contributed by atoms with Gasteiger partial charge in [0.05, 0.1) is 7.11 Å². The van der Waals surface area contributed by atoms with Crippen molar-refractivity contribution in [2.45, 2.75) is 38.3 Å². The van der Waals surface area contributed by atoms with Crippen molar-refractivity contribution >= 4 is 10.8 Å². The molecule has 2 aliphatic heterocycles. The fraction of sp³-hybridized carbons (Fsp3) is 0.524. The van der Waals surface area contributed by atoms with E-state index >= 15 is 0 Å². The van der Waals surface area contributed by atoms with Crippen molar-refractivity contribution in [3.63, 3.8) is 0 Å². The third-order valence-corrected chi connectivity index (χ3v) is 5.82. The molecular weight excluding hydrogens is 296 g/mol. The smallest absolute Gasteiger partial charge is 0.119 e. The maximum Gasteiger partial charge on any atom is 0.119 e. The zero-order valence-electron chi connectivity index (χ0n) is 14.6. The number of rotatable bonds is 4. The van der Waals surface area contributed by atoms with Crippen molar-refractivity contribution in [1.82, 2.24) is 10.2 Å². The Hall–Kier alpha value is -1.58. The molecule has 2 saturated heterocycles. The summed E-state index contributed by atoms with van der Waals surface area (Å²) in [6.07, 6.45) is 5.45. The lowest BCUT2D eigenvalue weighted by molar-refractivity contribution is 0.157. The van der Waals surface area contributed by atoms with Crippen LogP contribution in [0.5, 0.6) is 5.75 Å². The summed E-state index contributed by atoms with van der Waals surface area (Å²) in [5.74, 6) is 1.82. The van der Waals surface area contributed by atoms with Crippen molar-refractivity contribution in [2.24, 2.45) is 5.92 Å². The lowest BCUT2D eigenvalue weighted by atomic mass is 9.88. The largest absolute Gasteiger partial charge is 0.497 e. The second-order valence-electron chi connectivity index (χ2n) is 7.36. The molecule has 1 atom stereocenters. The molecule has 2 fully saturated rings. The maximum absolute atomic E-state index is 5.31. The first-order valence-corrected chi connectivity index (χ1v) is 9.34. The molecular formula is C21H28N2O. The Morgan fingerprint density at radius 2 is 1.83 bits per heavy atom. The van der Waals surface area contributed by atoms with Gasteiger partial charge in [0, 0.05) is 12.6 Å². The van der Waals surface area contributed by atoms with Crippen molar-refractivity contribution in [3.05, 3.63) is 42.0 Å². The Bertz CT molecular complexity index is 685. The first kappa shape index (κ1) is 15.9. The van der Waals surface area contributed by atoms with Gasteiger partial charge in [-0.25, -0.2) is 0 Å². The van der Waals surface area contributed by atoms with E-state index in [0.29, 0.717) is 0 Å². The summed E-state index contributed by atoms with van der Waals surface area (Å²) in [7, 11) is 1.72. The fourth-order valence-electron chi connectivity index (χ4n) is 4.38. The Morgan fingerprint density at radius 3 is 2.58 bits per heavy atom. The van der Waals surface area contributed by atoms with Crippen LogP contribution in [0.1, 0.15) is 31.2 Å². The van der Waals surface area contributed by atoms with E-state index < -0.39 is 0 Å². The Balaban J connectivity index is 1.38. The predicted molar refractivity (Wildman–Crippen MR) is 99.5 cm³/mol. The number of hydrogen-bond acceptors (Lipinski definition) is 3. The number of nitrogens with zero attached hydrogens (tertiary/aromatic N) is 1. The molecule has 4 rings (SSSR count). The van der Waals surface area contributed by atoms with Gasteiger partial charge in [0.15, 0.2) is 0 Å². The molecule has 0 amide bonds. The van der Waals surface area contributed by atoms with Gasteiger partial charge < -0.3 is 10.1 Å². The third-order valence-electron chi connectivity index (χ3n) is 5.82. The number of nitrogens with one attached hydrogen (secondary N) is 1. The SMILES string of the molecule is COc1ccc2cc(CN3CCC(C4CCCN4)CC3)ccc2c1. The number of benzene rings is 2. The normalized spacial score (nSPS) is 23.0. The van der Waals surface area contributed by atoms with Crippen LogP contribution in [-0.4, -0.2) is 37.7 Å². The van der Waals surface area contributed by atoms with Gasteiger partial charge in [-0.15, -0.1) is 0 Å². The van der Waals surface area contributed by atoms with Gasteiger partial charge in [0.25, 0.3) is 0 Å². The Morgan fingerprint density at radius 1 is 1.04 bits per heavy atom. The van der Waals surface area contributed by atoms with Gasteiger partial charge in [-0.1, -0.05) is 18.2 Å². The Labute approximate surface area is 145 Å². The number of likely N-dealkylation sites (tertiary alicyclic amines) is 1. The van der Waals surface area contributed by atoms with Gasteiger partial charge in [-0.2, -0.15) is 0 Å². The lowest BCUT2D eigenvalue weighted by Crippen LogP contribution is -2.40. The molecule has 2 heterocycles. The highest BCUT2D eigenvalue weighted by molar-refractivity contribution is 5.84. The van der Waals surface area contributed by atoms with Crippen molar-refractivity contribution in [1.29, 1.82) is 0 Å². The minimum Gasteiger partial charge on any atom is -0.497 e. The van der Waals surface area contributed by atoms with Gasteiger partial charge in [-0.3, -0.25) is 4.90 Å². The van der Waals surface area contributed by atoms with Crippen LogP contribution in [0, 0.1) is 5.92 Å². The molecule has 2 aliphatic rings. The van der Waals surface area contributed by atoms with Crippen LogP contribution in [-0.2, 0) is 6.54 Å². The van der Waals surface area contributed by atoms with Gasteiger partial charge >= 0.3 is 0 Å². The third kappa shape index (κ3) is 3.42. The Kier molecular flexibility index (Phi) is 4.72. The molecule has 2 aromatic carbocycles. The minimum atomic E-state index is 0.794. The standard InChI is InChI=1S/C21H28N2O/c1-24-20-7-6-18-13-16(4-5-19(18)14-20)15-23-11-8-17(9-12-23)21-3-2-10-22-21/h4-7,13-14,17,21-22H,2-3,8-12,15H2,1H3. The van der Waals surface area contributed by atoms with E-state index in [9.17, 15) is 0 Å². The van der Waals surface area contributed by atoms with Crippen LogP contribution >= 0.6 is 0 Å². The fourth-order valence-corrected chi connectivity index (χ4v) is 4.38. The van der Waals surface area contributed by atoms with Crippen LogP contribution in [0.3, 0.4) is 0 Å². The molecule has 0 radical (unpaired) electrons. The van der Waals surface area contributed by atoms with E-state index in [1.165, 1.54) is 61.7 Å². The first-order chi connectivity index (χ1) is 11.8.